The number of benzene rings is 3. The average Bonchev–Trinajstić information content (AvgIpc) is 2.74. The Morgan fingerprint density at radius 3 is 2.52 bits per heavy atom. The fraction of sp³-hybridized carbons (Fsp3) is 0.208. The Morgan fingerprint density at radius 2 is 1.77 bits per heavy atom. The molecule has 0 bridgehead atoms. The van der Waals surface area contributed by atoms with Gasteiger partial charge in [-0.15, -0.1) is 0 Å². The number of sulfonamides is 1. The molecule has 1 N–H and O–H groups in total. The molecule has 1 heterocycles. The van der Waals surface area contributed by atoms with Gasteiger partial charge in [-0.3, -0.25) is 9.10 Å². The highest BCUT2D eigenvalue weighted by molar-refractivity contribution is 7.93. The van der Waals surface area contributed by atoms with E-state index < -0.39 is 15.9 Å². The van der Waals surface area contributed by atoms with E-state index in [1.165, 1.54) is 4.31 Å². The number of anilines is 2. The van der Waals surface area contributed by atoms with Crippen molar-refractivity contribution in [3.8, 4) is 11.1 Å². The molecular formula is C24H23ClN2O3S. The van der Waals surface area contributed by atoms with E-state index >= 15 is 0 Å². The zero-order chi connectivity index (χ0) is 22.3. The number of nitrogens with zero attached hydrogens (tertiary/aromatic N) is 1. The summed E-state index contributed by atoms with van der Waals surface area (Å²) < 4.78 is 28.0. The lowest BCUT2D eigenvalue weighted by Crippen LogP contribution is -2.40. The van der Waals surface area contributed by atoms with Crippen LogP contribution in [0.4, 0.5) is 11.4 Å². The number of hydrogen-bond donors (Lipinski definition) is 1. The first-order chi connectivity index (χ1) is 14.7. The van der Waals surface area contributed by atoms with Crippen LogP contribution in [0.25, 0.3) is 11.1 Å². The standard InChI is InChI=1S/C24H23ClN2O3S/c1-15(2)17-11-12-22-19(13-17)18-7-4-5-10-23(18)31(29,30)27(22)14-24(28)26-21-9-6-8-20(25)16(21)3/h4-13,15H,14H2,1-3H3,(H,26,28). The van der Waals surface area contributed by atoms with Crippen LogP contribution in [-0.4, -0.2) is 20.9 Å². The fourth-order valence-electron chi connectivity index (χ4n) is 3.74. The van der Waals surface area contributed by atoms with E-state index in [1.54, 1.807) is 43.3 Å². The van der Waals surface area contributed by atoms with Crippen molar-refractivity contribution < 1.29 is 13.2 Å². The largest absolute Gasteiger partial charge is 0.324 e. The Kier molecular flexibility index (Phi) is 5.54. The molecule has 0 atom stereocenters. The summed E-state index contributed by atoms with van der Waals surface area (Å²) in [6.45, 7) is 5.64. The van der Waals surface area contributed by atoms with Crippen LogP contribution in [0.2, 0.25) is 5.02 Å². The Labute approximate surface area is 187 Å². The number of amides is 1. The van der Waals surface area contributed by atoms with Gasteiger partial charge in [0.25, 0.3) is 10.0 Å². The highest BCUT2D eigenvalue weighted by Crippen LogP contribution is 2.44. The van der Waals surface area contributed by atoms with E-state index in [-0.39, 0.29) is 11.4 Å². The van der Waals surface area contributed by atoms with Crippen LogP contribution in [0.3, 0.4) is 0 Å². The molecule has 0 fully saturated rings. The molecule has 0 aliphatic carbocycles. The van der Waals surface area contributed by atoms with E-state index in [4.69, 9.17) is 11.6 Å². The quantitative estimate of drug-likeness (QED) is 0.559. The van der Waals surface area contributed by atoms with Crippen LogP contribution >= 0.6 is 11.6 Å². The third-order valence-electron chi connectivity index (χ3n) is 5.53. The third kappa shape index (κ3) is 3.82. The molecule has 3 aromatic carbocycles. The highest BCUT2D eigenvalue weighted by Gasteiger charge is 2.36. The molecule has 7 heteroatoms. The summed E-state index contributed by atoms with van der Waals surface area (Å²) in [5, 5.41) is 3.32. The molecule has 1 aliphatic heterocycles. The molecule has 31 heavy (non-hydrogen) atoms. The van der Waals surface area contributed by atoms with Gasteiger partial charge in [0.2, 0.25) is 5.91 Å². The normalized spacial score (nSPS) is 14.2. The summed E-state index contributed by atoms with van der Waals surface area (Å²) in [6, 6.07) is 17.8. The van der Waals surface area contributed by atoms with Crippen LogP contribution in [0.15, 0.2) is 65.6 Å². The maximum absolute atomic E-state index is 13.4. The third-order valence-corrected chi connectivity index (χ3v) is 7.76. The zero-order valence-electron chi connectivity index (χ0n) is 17.5. The van der Waals surface area contributed by atoms with Crippen molar-refractivity contribution in [1.29, 1.82) is 0 Å². The molecule has 4 rings (SSSR count). The molecule has 0 spiro atoms. The number of rotatable bonds is 4. The van der Waals surface area contributed by atoms with Crippen molar-refractivity contribution in [3.63, 3.8) is 0 Å². The molecule has 0 saturated heterocycles. The van der Waals surface area contributed by atoms with Gasteiger partial charge in [0.15, 0.2) is 0 Å². The van der Waals surface area contributed by atoms with E-state index in [9.17, 15) is 13.2 Å². The highest BCUT2D eigenvalue weighted by atomic mass is 35.5. The Hall–Kier alpha value is -2.83. The monoisotopic (exact) mass is 454 g/mol. The van der Waals surface area contributed by atoms with E-state index in [1.807, 2.05) is 24.3 Å². The van der Waals surface area contributed by atoms with E-state index in [0.717, 1.165) is 16.7 Å². The second-order valence-corrected chi connectivity index (χ2v) is 10.1. The molecule has 160 valence electrons. The predicted octanol–water partition coefficient (Wildman–Crippen LogP) is 5.59. The minimum absolute atomic E-state index is 0.204. The van der Waals surface area contributed by atoms with Gasteiger partial charge in [-0.05, 0) is 54.3 Å². The molecule has 1 amide bonds. The number of nitrogens with one attached hydrogen (secondary N) is 1. The smallest absolute Gasteiger partial charge is 0.265 e. The van der Waals surface area contributed by atoms with Crippen LogP contribution in [0, 0.1) is 6.92 Å². The molecule has 3 aromatic rings. The summed E-state index contributed by atoms with van der Waals surface area (Å²) in [5.41, 5.74) is 4.35. The van der Waals surface area contributed by atoms with Gasteiger partial charge in [-0.1, -0.05) is 55.8 Å². The van der Waals surface area contributed by atoms with Crippen molar-refractivity contribution in [3.05, 3.63) is 76.8 Å². The average molecular weight is 455 g/mol. The van der Waals surface area contributed by atoms with Gasteiger partial charge in [0.1, 0.15) is 6.54 Å². The number of halogens is 1. The Morgan fingerprint density at radius 1 is 1.03 bits per heavy atom. The summed E-state index contributed by atoms with van der Waals surface area (Å²) >= 11 is 6.14. The second kappa shape index (κ2) is 8.02. The molecule has 0 unspecified atom stereocenters. The Balaban J connectivity index is 1.76. The van der Waals surface area contributed by atoms with Crippen molar-refractivity contribution in [2.45, 2.75) is 31.6 Å². The molecular weight excluding hydrogens is 432 g/mol. The fourth-order valence-corrected chi connectivity index (χ4v) is 5.57. The molecule has 0 aromatic heterocycles. The van der Waals surface area contributed by atoms with Crippen molar-refractivity contribution in [2.24, 2.45) is 0 Å². The molecule has 1 aliphatic rings. The van der Waals surface area contributed by atoms with Crippen molar-refractivity contribution in [1.82, 2.24) is 0 Å². The van der Waals surface area contributed by atoms with E-state index in [2.05, 4.69) is 19.2 Å². The molecule has 0 radical (unpaired) electrons. The summed E-state index contributed by atoms with van der Waals surface area (Å²) in [7, 11) is -3.89. The summed E-state index contributed by atoms with van der Waals surface area (Å²) in [4.78, 5) is 13.1. The van der Waals surface area contributed by atoms with Crippen molar-refractivity contribution in [2.75, 3.05) is 16.2 Å². The van der Waals surface area contributed by atoms with Gasteiger partial charge >= 0.3 is 0 Å². The summed E-state index contributed by atoms with van der Waals surface area (Å²) in [6.07, 6.45) is 0. The minimum atomic E-state index is -3.89. The van der Waals surface area contributed by atoms with Gasteiger partial charge in [0, 0.05) is 21.8 Å². The minimum Gasteiger partial charge on any atom is -0.324 e. The van der Waals surface area contributed by atoms with Crippen molar-refractivity contribution >= 4 is 38.9 Å². The predicted molar refractivity (Wildman–Crippen MR) is 125 cm³/mol. The van der Waals surface area contributed by atoms with Crippen LogP contribution in [0.5, 0.6) is 0 Å². The first kappa shape index (κ1) is 21.4. The van der Waals surface area contributed by atoms with Gasteiger partial charge in [-0.2, -0.15) is 0 Å². The topological polar surface area (TPSA) is 66.5 Å². The molecule has 5 nitrogen and oxygen atoms in total. The van der Waals surface area contributed by atoms with Gasteiger partial charge < -0.3 is 5.32 Å². The number of carbonyl (C=O) groups is 1. The SMILES string of the molecule is Cc1c(Cl)cccc1NC(=O)CN1c2ccc(C(C)C)cc2-c2ccccc2S1(=O)=O. The lowest BCUT2D eigenvalue weighted by Gasteiger charge is -2.32. The Bertz CT molecular complexity index is 1290. The van der Waals surface area contributed by atoms with Crippen LogP contribution in [-0.2, 0) is 14.8 Å². The number of fused-ring (bicyclic) bond motifs is 3. The van der Waals surface area contributed by atoms with Gasteiger partial charge in [0.05, 0.1) is 10.6 Å². The maximum Gasteiger partial charge on any atom is 0.265 e. The van der Waals surface area contributed by atoms with Gasteiger partial charge in [-0.25, -0.2) is 8.42 Å². The first-order valence-corrected chi connectivity index (χ1v) is 11.8. The van der Waals surface area contributed by atoms with E-state index in [0.29, 0.717) is 27.9 Å². The second-order valence-electron chi connectivity index (χ2n) is 7.90. The number of hydrogen-bond acceptors (Lipinski definition) is 3. The first-order valence-electron chi connectivity index (χ1n) is 10.0. The van der Waals surface area contributed by atoms with Crippen LogP contribution < -0.4 is 9.62 Å². The summed E-state index contributed by atoms with van der Waals surface area (Å²) in [5.74, 6) is -0.147. The number of carbonyl (C=O) groups excluding carboxylic acids is 1. The lowest BCUT2D eigenvalue weighted by atomic mass is 9.95. The maximum atomic E-state index is 13.4. The zero-order valence-corrected chi connectivity index (χ0v) is 19.1. The van der Waals surface area contributed by atoms with Crippen LogP contribution in [0.1, 0.15) is 30.9 Å². The molecule has 0 saturated carbocycles. The lowest BCUT2D eigenvalue weighted by molar-refractivity contribution is -0.114.